The third-order valence-electron chi connectivity index (χ3n) is 6.37. The van der Waals surface area contributed by atoms with Crippen molar-refractivity contribution in [2.45, 2.75) is 6.42 Å². The van der Waals surface area contributed by atoms with Gasteiger partial charge < -0.3 is 15.1 Å². The van der Waals surface area contributed by atoms with Gasteiger partial charge in [-0.2, -0.15) is 5.21 Å². The van der Waals surface area contributed by atoms with E-state index in [1.807, 2.05) is 67.1 Å². The molecule has 2 N–H and O–H groups in total. The summed E-state index contributed by atoms with van der Waals surface area (Å²) in [6.45, 7) is 3.59. The molecule has 1 aliphatic rings. The second kappa shape index (κ2) is 9.97. The summed E-state index contributed by atoms with van der Waals surface area (Å²) in [7, 11) is 0. The number of hydrogen-bond acceptors (Lipinski definition) is 9. The van der Waals surface area contributed by atoms with Crippen LogP contribution >= 0.6 is 0 Å². The molecule has 2 aromatic carbocycles. The number of fused-ring (bicyclic) bond motifs is 1. The van der Waals surface area contributed by atoms with E-state index in [0.717, 1.165) is 54.2 Å². The second-order valence-electron chi connectivity index (χ2n) is 8.74. The predicted octanol–water partition coefficient (Wildman–Crippen LogP) is 2.71. The highest BCUT2D eigenvalue weighted by atomic mass is 16.1. The molecule has 1 saturated heterocycles. The first-order chi connectivity index (χ1) is 18.2. The quantitative estimate of drug-likeness (QED) is 0.368. The van der Waals surface area contributed by atoms with Crippen LogP contribution in [0.1, 0.15) is 5.82 Å². The molecule has 0 bridgehead atoms. The second-order valence-corrected chi connectivity index (χ2v) is 8.74. The lowest BCUT2D eigenvalue weighted by Crippen LogP contribution is -2.46. The molecular formula is C26H24N10O. The van der Waals surface area contributed by atoms with Crippen LogP contribution in [0.15, 0.2) is 73.2 Å². The Morgan fingerprint density at radius 1 is 0.892 bits per heavy atom. The van der Waals surface area contributed by atoms with Crippen LogP contribution in [-0.2, 0) is 11.2 Å². The number of rotatable bonds is 6. The Hall–Kier alpha value is -4.93. The summed E-state index contributed by atoms with van der Waals surface area (Å²) < 4.78 is 0. The van der Waals surface area contributed by atoms with Gasteiger partial charge in [-0.3, -0.25) is 14.8 Å². The van der Waals surface area contributed by atoms with Gasteiger partial charge in [-0.25, -0.2) is 4.98 Å². The van der Waals surface area contributed by atoms with Crippen molar-refractivity contribution in [1.82, 2.24) is 35.6 Å². The number of aromatic amines is 1. The van der Waals surface area contributed by atoms with E-state index in [4.69, 9.17) is 4.98 Å². The number of nitrogens with one attached hydrogen (secondary N) is 2. The number of anilines is 3. The van der Waals surface area contributed by atoms with E-state index in [1.54, 1.807) is 0 Å². The molecule has 11 heteroatoms. The molecule has 0 spiro atoms. The zero-order valence-electron chi connectivity index (χ0n) is 19.9. The van der Waals surface area contributed by atoms with Gasteiger partial charge >= 0.3 is 0 Å². The summed E-state index contributed by atoms with van der Waals surface area (Å²) in [5.41, 5.74) is 5.66. The van der Waals surface area contributed by atoms with Crippen molar-refractivity contribution >= 4 is 34.1 Å². The van der Waals surface area contributed by atoms with Crippen LogP contribution in [0.4, 0.5) is 17.2 Å². The standard InChI is InChI=1S/C26H24N10O/c37-26(16-24-31-33-34-32-24)29-20-4-1-18(2-5-20)19-3-6-22-23(15-19)30-25(17-28-22)36-13-11-35(12-14-36)21-7-9-27-10-8-21/h1-10,15,17H,11-14,16H2,(H,29,37)(H,31,32,33,34). The third kappa shape index (κ3) is 5.06. The smallest absolute Gasteiger partial charge is 0.232 e. The first kappa shape index (κ1) is 22.5. The Balaban J connectivity index is 1.14. The van der Waals surface area contributed by atoms with Gasteiger partial charge in [0.1, 0.15) is 5.82 Å². The minimum atomic E-state index is -0.204. The van der Waals surface area contributed by atoms with E-state index in [0.29, 0.717) is 11.5 Å². The normalized spacial score (nSPS) is 13.6. The highest BCUT2D eigenvalue weighted by Gasteiger charge is 2.19. The fourth-order valence-electron chi connectivity index (χ4n) is 4.43. The number of aromatic nitrogens is 7. The molecule has 1 fully saturated rings. The van der Waals surface area contributed by atoms with Crippen LogP contribution in [-0.4, -0.2) is 67.7 Å². The van der Waals surface area contributed by atoms with Gasteiger partial charge in [0.2, 0.25) is 5.91 Å². The molecule has 6 rings (SSSR count). The Morgan fingerprint density at radius 3 is 2.41 bits per heavy atom. The zero-order valence-corrected chi connectivity index (χ0v) is 19.9. The SMILES string of the molecule is O=C(Cc1nn[nH]n1)Nc1ccc(-c2ccc3ncc(N4CCN(c5ccncc5)CC4)nc3c2)cc1. The third-order valence-corrected chi connectivity index (χ3v) is 6.37. The summed E-state index contributed by atoms with van der Waals surface area (Å²) in [6.07, 6.45) is 5.57. The fourth-order valence-corrected chi connectivity index (χ4v) is 4.43. The number of H-pyrrole nitrogens is 1. The largest absolute Gasteiger partial charge is 0.368 e. The van der Waals surface area contributed by atoms with Crippen molar-refractivity contribution in [2.24, 2.45) is 0 Å². The molecule has 184 valence electrons. The van der Waals surface area contributed by atoms with Crippen LogP contribution in [0.2, 0.25) is 0 Å². The molecule has 0 unspecified atom stereocenters. The minimum absolute atomic E-state index is 0.0582. The highest BCUT2D eigenvalue weighted by molar-refractivity contribution is 5.92. The Kier molecular flexibility index (Phi) is 6.07. The Labute approximate surface area is 212 Å². The number of nitrogens with zero attached hydrogens (tertiary/aromatic N) is 8. The van der Waals surface area contributed by atoms with E-state index in [-0.39, 0.29) is 12.3 Å². The van der Waals surface area contributed by atoms with Crippen molar-refractivity contribution < 1.29 is 4.79 Å². The molecule has 0 aliphatic carbocycles. The number of carbonyl (C=O) groups is 1. The first-order valence-electron chi connectivity index (χ1n) is 12.0. The number of tetrazole rings is 1. The minimum Gasteiger partial charge on any atom is -0.368 e. The van der Waals surface area contributed by atoms with E-state index in [2.05, 4.69) is 51.8 Å². The van der Waals surface area contributed by atoms with E-state index in [1.165, 1.54) is 5.69 Å². The maximum absolute atomic E-state index is 12.2. The van der Waals surface area contributed by atoms with Crippen molar-refractivity contribution in [3.8, 4) is 11.1 Å². The summed E-state index contributed by atoms with van der Waals surface area (Å²) in [6, 6.07) is 17.9. The van der Waals surface area contributed by atoms with E-state index < -0.39 is 0 Å². The van der Waals surface area contributed by atoms with Crippen molar-refractivity contribution in [3.05, 3.63) is 79.0 Å². The number of amides is 1. The molecule has 0 radical (unpaired) electrons. The lowest BCUT2D eigenvalue weighted by molar-refractivity contribution is -0.115. The molecule has 1 aliphatic heterocycles. The molecule has 3 aromatic heterocycles. The van der Waals surface area contributed by atoms with Gasteiger partial charge in [0, 0.05) is 49.9 Å². The molecule has 0 saturated carbocycles. The highest BCUT2D eigenvalue weighted by Crippen LogP contribution is 2.26. The molecular weight excluding hydrogens is 468 g/mol. The molecule has 4 heterocycles. The monoisotopic (exact) mass is 492 g/mol. The zero-order chi connectivity index (χ0) is 25.0. The lowest BCUT2D eigenvalue weighted by atomic mass is 10.0. The van der Waals surface area contributed by atoms with Crippen molar-refractivity contribution in [1.29, 1.82) is 0 Å². The number of benzene rings is 2. The molecule has 1 amide bonds. The van der Waals surface area contributed by atoms with Gasteiger partial charge in [-0.05, 0) is 47.5 Å². The summed E-state index contributed by atoms with van der Waals surface area (Å²) in [5, 5.41) is 16.3. The van der Waals surface area contributed by atoms with Crippen LogP contribution in [0.3, 0.4) is 0 Å². The van der Waals surface area contributed by atoms with Crippen LogP contribution in [0, 0.1) is 0 Å². The van der Waals surface area contributed by atoms with Crippen LogP contribution < -0.4 is 15.1 Å². The number of pyridine rings is 1. The summed E-state index contributed by atoms with van der Waals surface area (Å²) >= 11 is 0. The summed E-state index contributed by atoms with van der Waals surface area (Å²) in [5.74, 6) is 1.03. The summed E-state index contributed by atoms with van der Waals surface area (Å²) in [4.78, 5) is 30.5. The fraction of sp³-hybridized carbons (Fsp3) is 0.192. The number of piperazine rings is 1. The van der Waals surface area contributed by atoms with Crippen LogP contribution in [0.5, 0.6) is 0 Å². The molecule has 5 aromatic rings. The topological polar surface area (TPSA) is 129 Å². The first-order valence-corrected chi connectivity index (χ1v) is 12.0. The van der Waals surface area contributed by atoms with Gasteiger partial charge in [0.05, 0.1) is 23.7 Å². The van der Waals surface area contributed by atoms with E-state index in [9.17, 15) is 4.79 Å². The molecule has 0 atom stereocenters. The van der Waals surface area contributed by atoms with Gasteiger partial charge in [0.25, 0.3) is 0 Å². The Bertz CT molecular complexity index is 1500. The maximum Gasteiger partial charge on any atom is 0.232 e. The average Bonchev–Trinajstić information content (AvgIpc) is 3.46. The molecule has 37 heavy (non-hydrogen) atoms. The predicted molar refractivity (Wildman–Crippen MR) is 140 cm³/mol. The van der Waals surface area contributed by atoms with Crippen molar-refractivity contribution in [3.63, 3.8) is 0 Å². The lowest BCUT2D eigenvalue weighted by Gasteiger charge is -2.36. The average molecular weight is 493 g/mol. The molecule has 11 nitrogen and oxygen atoms in total. The Morgan fingerprint density at radius 2 is 1.65 bits per heavy atom. The van der Waals surface area contributed by atoms with Gasteiger partial charge in [-0.1, -0.05) is 23.4 Å². The van der Waals surface area contributed by atoms with Gasteiger partial charge in [0.15, 0.2) is 5.82 Å². The number of carbonyl (C=O) groups excluding carboxylic acids is 1. The van der Waals surface area contributed by atoms with Crippen LogP contribution in [0.25, 0.3) is 22.2 Å². The van der Waals surface area contributed by atoms with Gasteiger partial charge in [-0.15, -0.1) is 10.2 Å². The van der Waals surface area contributed by atoms with E-state index >= 15 is 0 Å². The number of hydrogen-bond donors (Lipinski definition) is 2. The van der Waals surface area contributed by atoms with Crippen molar-refractivity contribution in [2.75, 3.05) is 41.3 Å². The maximum atomic E-state index is 12.2.